The van der Waals surface area contributed by atoms with Crippen LogP contribution in [0.25, 0.3) is 10.2 Å². The van der Waals surface area contributed by atoms with E-state index in [1.54, 1.807) is 7.05 Å². The molecule has 1 aliphatic rings. The van der Waals surface area contributed by atoms with E-state index in [9.17, 15) is 13.2 Å². The summed E-state index contributed by atoms with van der Waals surface area (Å²) >= 11 is 1.40. The van der Waals surface area contributed by atoms with Crippen LogP contribution >= 0.6 is 11.3 Å². The molecule has 1 saturated heterocycles. The van der Waals surface area contributed by atoms with E-state index in [2.05, 4.69) is 23.0 Å². The molecule has 0 radical (unpaired) electrons. The van der Waals surface area contributed by atoms with Crippen LogP contribution in [0.4, 0.5) is 0 Å². The summed E-state index contributed by atoms with van der Waals surface area (Å²) in [7, 11) is -2.14. The van der Waals surface area contributed by atoms with Gasteiger partial charge < -0.3 is 9.30 Å². The first-order valence-electron chi connectivity index (χ1n) is 11.0. The van der Waals surface area contributed by atoms with Crippen LogP contribution in [0, 0.1) is 26.2 Å². The summed E-state index contributed by atoms with van der Waals surface area (Å²) in [6.07, 6.45) is 7.28. The zero-order chi connectivity index (χ0) is 24.5. The standard InChI is InChI=1S/C25H27N3O4S2/c1-5-12-28-22-14-17(2)18(3)15-23(22)33-25(28)26-24(29)19-8-10-21(11-9-19)34(30,31)27(4)16-20-7-6-13-32-20/h1,8-11,14-15,20H,6-7,12-13,16H2,2-4H3. The number of rotatable bonds is 6. The van der Waals surface area contributed by atoms with Gasteiger partial charge in [-0.25, -0.2) is 8.42 Å². The number of thiazole rings is 1. The minimum atomic E-state index is -3.68. The predicted molar refractivity (Wildman–Crippen MR) is 133 cm³/mol. The minimum absolute atomic E-state index is 0.0805. The number of hydrogen-bond acceptors (Lipinski definition) is 5. The molecular weight excluding hydrogens is 470 g/mol. The van der Waals surface area contributed by atoms with Gasteiger partial charge in [-0.1, -0.05) is 17.3 Å². The summed E-state index contributed by atoms with van der Waals surface area (Å²) in [6, 6.07) is 9.99. The summed E-state index contributed by atoms with van der Waals surface area (Å²) in [6.45, 7) is 5.33. The van der Waals surface area contributed by atoms with Crippen LogP contribution in [0.5, 0.6) is 0 Å². The first-order chi connectivity index (χ1) is 16.2. The predicted octanol–water partition coefficient (Wildman–Crippen LogP) is 3.49. The largest absolute Gasteiger partial charge is 0.377 e. The second-order valence-corrected chi connectivity index (χ2v) is 11.5. The molecule has 2 heterocycles. The number of terminal acetylenes is 1. The fourth-order valence-corrected chi connectivity index (χ4v) is 6.24. The summed E-state index contributed by atoms with van der Waals surface area (Å²) in [5.41, 5.74) is 3.53. The van der Waals surface area contributed by atoms with Gasteiger partial charge in [0.15, 0.2) is 4.80 Å². The number of ether oxygens (including phenoxy) is 1. The van der Waals surface area contributed by atoms with Crippen LogP contribution in [0.3, 0.4) is 0 Å². The molecule has 1 aromatic heterocycles. The molecule has 0 spiro atoms. The smallest absolute Gasteiger partial charge is 0.279 e. The summed E-state index contributed by atoms with van der Waals surface area (Å²) in [5.74, 6) is 2.17. The van der Waals surface area contributed by atoms with Crippen molar-refractivity contribution in [3.8, 4) is 12.3 Å². The molecule has 0 saturated carbocycles. The quantitative estimate of drug-likeness (QED) is 0.488. The van der Waals surface area contributed by atoms with Crippen molar-refractivity contribution in [2.45, 2.75) is 44.2 Å². The van der Waals surface area contributed by atoms with E-state index in [1.165, 1.54) is 39.9 Å². The fourth-order valence-electron chi connectivity index (χ4n) is 3.92. The number of nitrogens with zero attached hydrogens (tertiary/aromatic N) is 3. The molecule has 2 aromatic carbocycles. The molecule has 34 heavy (non-hydrogen) atoms. The van der Waals surface area contributed by atoms with E-state index < -0.39 is 15.9 Å². The lowest BCUT2D eigenvalue weighted by molar-refractivity contribution is 0.0979. The van der Waals surface area contributed by atoms with Crippen molar-refractivity contribution < 1.29 is 17.9 Å². The van der Waals surface area contributed by atoms with Crippen LogP contribution in [0.15, 0.2) is 46.3 Å². The zero-order valence-electron chi connectivity index (χ0n) is 19.4. The third kappa shape index (κ3) is 4.86. The van der Waals surface area contributed by atoms with Crippen molar-refractivity contribution in [3.05, 3.63) is 57.9 Å². The van der Waals surface area contributed by atoms with Gasteiger partial charge in [0.25, 0.3) is 5.91 Å². The Balaban J connectivity index is 1.61. The number of sulfonamides is 1. The normalized spacial score (nSPS) is 16.9. The van der Waals surface area contributed by atoms with Crippen molar-refractivity contribution in [2.75, 3.05) is 20.2 Å². The van der Waals surface area contributed by atoms with Gasteiger partial charge in [0.2, 0.25) is 10.0 Å². The van der Waals surface area contributed by atoms with E-state index in [0.29, 0.717) is 30.1 Å². The molecule has 9 heteroatoms. The molecule has 1 atom stereocenters. The highest BCUT2D eigenvalue weighted by molar-refractivity contribution is 7.89. The Hall–Kier alpha value is -2.77. The number of hydrogen-bond donors (Lipinski definition) is 0. The Kier molecular flexibility index (Phi) is 7.05. The van der Waals surface area contributed by atoms with Gasteiger partial charge >= 0.3 is 0 Å². The summed E-state index contributed by atoms with van der Waals surface area (Å²) in [4.78, 5) is 17.9. The van der Waals surface area contributed by atoms with Crippen molar-refractivity contribution in [3.63, 3.8) is 0 Å². The van der Waals surface area contributed by atoms with Crippen molar-refractivity contribution >= 4 is 37.5 Å². The van der Waals surface area contributed by atoms with Crippen LogP contribution in [0.2, 0.25) is 0 Å². The number of amides is 1. The molecule has 1 amide bonds. The van der Waals surface area contributed by atoms with E-state index in [-0.39, 0.29) is 11.0 Å². The molecule has 4 rings (SSSR count). The number of benzene rings is 2. The molecule has 7 nitrogen and oxygen atoms in total. The highest BCUT2D eigenvalue weighted by Gasteiger charge is 2.26. The van der Waals surface area contributed by atoms with Crippen molar-refractivity contribution in [1.82, 2.24) is 8.87 Å². The van der Waals surface area contributed by atoms with Crippen molar-refractivity contribution in [1.29, 1.82) is 0 Å². The Morgan fingerprint density at radius 2 is 1.97 bits per heavy atom. The van der Waals surface area contributed by atoms with Gasteiger partial charge in [-0.15, -0.1) is 6.42 Å². The van der Waals surface area contributed by atoms with Crippen LogP contribution in [-0.4, -0.2) is 49.5 Å². The van der Waals surface area contributed by atoms with Gasteiger partial charge in [-0.3, -0.25) is 4.79 Å². The number of carbonyl (C=O) groups excluding carboxylic acids is 1. The fraction of sp³-hybridized carbons (Fsp3) is 0.360. The summed E-state index contributed by atoms with van der Waals surface area (Å²) < 4.78 is 35.5. The minimum Gasteiger partial charge on any atom is -0.377 e. The average molecular weight is 498 g/mol. The lowest BCUT2D eigenvalue weighted by Gasteiger charge is -2.20. The number of aromatic nitrogens is 1. The average Bonchev–Trinajstić information content (AvgIpc) is 3.43. The van der Waals surface area contributed by atoms with Gasteiger partial charge in [-0.05, 0) is 74.2 Å². The monoisotopic (exact) mass is 497 g/mol. The van der Waals surface area contributed by atoms with Crippen LogP contribution in [0.1, 0.15) is 34.3 Å². The lowest BCUT2D eigenvalue weighted by Crippen LogP contribution is -2.34. The molecule has 178 valence electrons. The molecule has 1 aliphatic heterocycles. The summed E-state index contributed by atoms with van der Waals surface area (Å²) in [5, 5.41) is 0. The molecule has 0 bridgehead atoms. The van der Waals surface area contributed by atoms with Gasteiger partial charge in [0.05, 0.1) is 27.8 Å². The lowest BCUT2D eigenvalue weighted by atomic mass is 10.1. The van der Waals surface area contributed by atoms with E-state index in [1.807, 2.05) is 18.4 Å². The molecular formula is C25H27N3O4S2. The first kappa shape index (κ1) is 24.4. The Morgan fingerprint density at radius 1 is 1.26 bits per heavy atom. The third-order valence-corrected chi connectivity index (χ3v) is 8.92. The maximum atomic E-state index is 12.9. The van der Waals surface area contributed by atoms with Crippen LogP contribution in [-0.2, 0) is 21.3 Å². The van der Waals surface area contributed by atoms with Gasteiger partial charge in [-0.2, -0.15) is 9.30 Å². The second kappa shape index (κ2) is 9.84. The maximum absolute atomic E-state index is 12.9. The Labute approximate surface area is 203 Å². The number of likely N-dealkylation sites (N-methyl/N-ethyl adjacent to an activating group) is 1. The van der Waals surface area contributed by atoms with E-state index >= 15 is 0 Å². The van der Waals surface area contributed by atoms with E-state index in [4.69, 9.17) is 11.2 Å². The number of carbonyl (C=O) groups is 1. The molecule has 3 aromatic rings. The zero-order valence-corrected chi connectivity index (χ0v) is 21.1. The first-order valence-corrected chi connectivity index (χ1v) is 13.3. The third-order valence-electron chi connectivity index (χ3n) is 6.04. The van der Waals surface area contributed by atoms with Crippen molar-refractivity contribution in [2.24, 2.45) is 4.99 Å². The van der Waals surface area contributed by atoms with Gasteiger partial charge in [0.1, 0.15) is 0 Å². The highest BCUT2D eigenvalue weighted by Crippen LogP contribution is 2.23. The van der Waals surface area contributed by atoms with Gasteiger partial charge in [0, 0.05) is 25.8 Å². The number of fused-ring (bicyclic) bond motifs is 1. The maximum Gasteiger partial charge on any atom is 0.279 e. The molecule has 1 fully saturated rings. The second-order valence-electron chi connectivity index (χ2n) is 8.44. The van der Waals surface area contributed by atoms with E-state index in [0.717, 1.165) is 34.2 Å². The number of aryl methyl sites for hydroxylation is 2. The molecule has 0 aliphatic carbocycles. The SMILES string of the molecule is C#CCn1c(=NC(=O)c2ccc(S(=O)(=O)N(C)CC3CCCO3)cc2)sc2cc(C)c(C)cc21. The molecule has 0 N–H and O–H groups in total. The Bertz CT molecular complexity index is 1440. The Morgan fingerprint density at radius 3 is 2.62 bits per heavy atom. The van der Waals surface area contributed by atoms with Crippen LogP contribution < -0.4 is 4.80 Å². The topological polar surface area (TPSA) is 81.0 Å². The molecule has 1 unspecified atom stereocenters. The highest BCUT2D eigenvalue weighted by atomic mass is 32.2.